The summed E-state index contributed by atoms with van der Waals surface area (Å²) in [6.45, 7) is 3.15. The zero-order valence-corrected chi connectivity index (χ0v) is 6.75. The lowest BCUT2D eigenvalue weighted by Crippen LogP contribution is -2.34. The molecule has 0 aliphatic carbocycles. The SMILES string of the molecule is C1CCN(C2=NOCC2)CC1. The van der Waals surface area contributed by atoms with Crippen molar-refractivity contribution in [2.45, 2.75) is 25.7 Å². The van der Waals surface area contributed by atoms with Crippen LogP contribution >= 0.6 is 0 Å². The van der Waals surface area contributed by atoms with Crippen molar-refractivity contribution >= 4 is 5.84 Å². The second-order valence-corrected chi connectivity index (χ2v) is 3.14. The van der Waals surface area contributed by atoms with E-state index in [1.165, 1.54) is 38.2 Å². The van der Waals surface area contributed by atoms with Crippen molar-refractivity contribution in [2.24, 2.45) is 5.16 Å². The number of hydrogen-bond acceptors (Lipinski definition) is 3. The molecule has 1 saturated heterocycles. The summed E-state index contributed by atoms with van der Waals surface area (Å²) in [7, 11) is 0. The molecule has 0 amide bonds. The topological polar surface area (TPSA) is 24.8 Å². The quantitative estimate of drug-likeness (QED) is 0.524. The fourth-order valence-electron chi connectivity index (χ4n) is 1.67. The summed E-state index contributed by atoms with van der Waals surface area (Å²) in [4.78, 5) is 7.31. The Morgan fingerprint density at radius 1 is 1.18 bits per heavy atom. The first-order valence-electron chi connectivity index (χ1n) is 4.40. The van der Waals surface area contributed by atoms with Gasteiger partial charge in [-0.15, -0.1) is 0 Å². The smallest absolute Gasteiger partial charge is 0.148 e. The molecule has 2 heterocycles. The first kappa shape index (κ1) is 6.95. The molecule has 0 bridgehead atoms. The molecule has 0 N–H and O–H groups in total. The third kappa shape index (κ3) is 1.47. The van der Waals surface area contributed by atoms with Gasteiger partial charge in [0, 0.05) is 19.5 Å². The van der Waals surface area contributed by atoms with Gasteiger partial charge in [0.2, 0.25) is 0 Å². The van der Waals surface area contributed by atoms with E-state index >= 15 is 0 Å². The van der Waals surface area contributed by atoms with Crippen LogP contribution in [0.15, 0.2) is 5.16 Å². The van der Waals surface area contributed by atoms with E-state index < -0.39 is 0 Å². The van der Waals surface area contributed by atoms with Crippen LogP contribution < -0.4 is 0 Å². The maximum absolute atomic E-state index is 4.96. The molecule has 3 nitrogen and oxygen atoms in total. The van der Waals surface area contributed by atoms with E-state index in [0.717, 1.165) is 13.0 Å². The number of nitrogens with zero attached hydrogens (tertiary/aromatic N) is 2. The van der Waals surface area contributed by atoms with Crippen molar-refractivity contribution < 1.29 is 4.84 Å². The van der Waals surface area contributed by atoms with E-state index in [0.29, 0.717) is 0 Å². The summed E-state index contributed by atoms with van der Waals surface area (Å²) in [6, 6.07) is 0. The van der Waals surface area contributed by atoms with Gasteiger partial charge in [0.15, 0.2) is 0 Å². The highest BCUT2D eigenvalue weighted by atomic mass is 16.6. The summed E-state index contributed by atoms with van der Waals surface area (Å²) in [5, 5.41) is 4.00. The van der Waals surface area contributed by atoms with Gasteiger partial charge in [-0.1, -0.05) is 5.16 Å². The molecule has 0 aromatic heterocycles. The maximum Gasteiger partial charge on any atom is 0.148 e. The van der Waals surface area contributed by atoms with E-state index in [1.807, 2.05) is 0 Å². The minimum Gasteiger partial charge on any atom is -0.394 e. The summed E-state index contributed by atoms with van der Waals surface area (Å²) in [5.41, 5.74) is 0. The predicted octanol–water partition coefficient (Wildman–Crippen LogP) is 1.21. The van der Waals surface area contributed by atoms with Crippen LogP contribution in [0.4, 0.5) is 0 Å². The van der Waals surface area contributed by atoms with E-state index in [2.05, 4.69) is 10.1 Å². The van der Waals surface area contributed by atoms with Crippen LogP contribution in [0.5, 0.6) is 0 Å². The van der Waals surface area contributed by atoms with Crippen molar-refractivity contribution in [3.8, 4) is 0 Å². The van der Waals surface area contributed by atoms with Gasteiger partial charge in [0.25, 0.3) is 0 Å². The Morgan fingerprint density at radius 2 is 2.00 bits per heavy atom. The first-order valence-corrected chi connectivity index (χ1v) is 4.40. The minimum absolute atomic E-state index is 0.784. The number of hydrogen-bond donors (Lipinski definition) is 0. The lowest BCUT2D eigenvalue weighted by Gasteiger charge is -2.27. The summed E-state index contributed by atoms with van der Waals surface area (Å²) in [5.74, 6) is 1.17. The first-order chi connectivity index (χ1) is 5.47. The molecule has 2 aliphatic heterocycles. The zero-order valence-electron chi connectivity index (χ0n) is 6.75. The zero-order chi connectivity index (χ0) is 7.52. The highest BCUT2D eigenvalue weighted by Gasteiger charge is 2.17. The van der Waals surface area contributed by atoms with E-state index in [-0.39, 0.29) is 0 Å². The van der Waals surface area contributed by atoms with Gasteiger partial charge in [-0.25, -0.2) is 0 Å². The number of likely N-dealkylation sites (tertiary alicyclic amines) is 1. The molecule has 11 heavy (non-hydrogen) atoms. The van der Waals surface area contributed by atoms with Gasteiger partial charge in [0.05, 0.1) is 0 Å². The molecule has 0 spiro atoms. The largest absolute Gasteiger partial charge is 0.394 e. The molecule has 2 rings (SSSR count). The second-order valence-electron chi connectivity index (χ2n) is 3.14. The summed E-state index contributed by atoms with van der Waals surface area (Å²) >= 11 is 0. The molecular weight excluding hydrogens is 140 g/mol. The van der Waals surface area contributed by atoms with E-state index in [4.69, 9.17) is 4.84 Å². The molecule has 0 unspecified atom stereocenters. The van der Waals surface area contributed by atoms with Crippen LogP contribution in [0.2, 0.25) is 0 Å². The summed E-state index contributed by atoms with van der Waals surface area (Å²) in [6.07, 6.45) is 5.03. The van der Waals surface area contributed by atoms with Crippen LogP contribution in [-0.4, -0.2) is 30.4 Å². The van der Waals surface area contributed by atoms with Crippen LogP contribution in [0.3, 0.4) is 0 Å². The van der Waals surface area contributed by atoms with Crippen molar-refractivity contribution in [1.82, 2.24) is 4.90 Å². The lowest BCUT2D eigenvalue weighted by molar-refractivity contribution is 0.172. The fourth-order valence-corrected chi connectivity index (χ4v) is 1.67. The fraction of sp³-hybridized carbons (Fsp3) is 0.875. The van der Waals surface area contributed by atoms with Crippen LogP contribution in [0.25, 0.3) is 0 Å². The predicted molar refractivity (Wildman–Crippen MR) is 43.4 cm³/mol. The molecule has 0 aromatic carbocycles. The highest BCUT2D eigenvalue weighted by molar-refractivity contribution is 5.82. The van der Waals surface area contributed by atoms with Crippen LogP contribution in [-0.2, 0) is 4.84 Å². The Hall–Kier alpha value is -0.730. The molecule has 62 valence electrons. The number of oxime groups is 1. The van der Waals surface area contributed by atoms with E-state index in [1.54, 1.807) is 0 Å². The molecule has 3 heteroatoms. The molecule has 0 atom stereocenters. The molecule has 0 radical (unpaired) electrons. The van der Waals surface area contributed by atoms with Gasteiger partial charge < -0.3 is 9.74 Å². The Bertz CT molecular complexity index is 161. The Balaban J connectivity index is 1.92. The summed E-state index contributed by atoms with van der Waals surface area (Å²) < 4.78 is 0. The molecular formula is C8H14N2O. The van der Waals surface area contributed by atoms with Crippen molar-refractivity contribution in [2.75, 3.05) is 19.7 Å². The number of amidine groups is 1. The van der Waals surface area contributed by atoms with Crippen molar-refractivity contribution in [1.29, 1.82) is 0 Å². The normalized spacial score (nSPS) is 24.7. The molecule has 0 saturated carbocycles. The highest BCUT2D eigenvalue weighted by Crippen LogP contribution is 2.13. The van der Waals surface area contributed by atoms with Gasteiger partial charge in [-0.3, -0.25) is 0 Å². The van der Waals surface area contributed by atoms with Gasteiger partial charge >= 0.3 is 0 Å². The van der Waals surface area contributed by atoms with Crippen molar-refractivity contribution in [3.05, 3.63) is 0 Å². The average molecular weight is 154 g/mol. The lowest BCUT2D eigenvalue weighted by atomic mass is 10.1. The molecule has 1 fully saturated rings. The third-order valence-corrected chi connectivity index (χ3v) is 2.31. The van der Waals surface area contributed by atoms with Gasteiger partial charge in [-0.05, 0) is 19.3 Å². The monoisotopic (exact) mass is 154 g/mol. The standard InChI is InChI=1S/C8H14N2O/c1-2-5-10(6-3-1)8-4-7-11-9-8/h1-7H2. The Labute approximate surface area is 67.0 Å². The van der Waals surface area contributed by atoms with Crippen LogP contribution in [0, 0.1) is 0 Å². The molecule has 0 aromatic rings. The Morgan fingerprint density at radius 3 is 2.64 bits per heavy atom. The third-order valence-electron chi connectivity index (χ3n) is 2.31. The second kappa shape index (κ2) is 3.11. The van der Waals surface area contributed by atoms with Gasteiger partial charge in [0.1, 0.15) is 12.4 Å². The minimum atomic E-state index is 0.784. The van der Waals surface area contributed by atoms with Crippen molar-refractivity contribution in [3.63, 3.8) is 0 Å². The number of rotatable bonds is 0. The Kier molecular flexibility index (Phi) is 1.97. The van der Waals surface area contributed by atoms with Gasteiger partial charge in [-0.2, -0.15) is 0 Å². The maximum atomic E-state index is 4.96. The number of piperidine rings is 1. The average Bonchev–Trinajstić information content (AvgIpc) is 2.58. The molecule has 2 aliphatic rings. The van der Waals surface area contributed by atoms with E-state index in [9.17, 15) is 0 Å². The van der Waals surface area contributed by atoms with Crippen LogP contribution in [0.1, 0.15) is 25.7 Å².